The number of nitrogens with zero attached hydrogens (tertiary/aromatic N) is 5. The molecular weight excluding hydrogens is 359 g/mol. The Morgan fingerprint density at radius 3 is 2.71 bits per heavy atom. The van der Waals surface area contributed by atoms with Gasteiger partial charge in [-0.1, -0.05) is 17.3 Å². The number of hydrogen-bond donors (Lipinski definition) is 1. The van der Waals surface area contributed by atoms with Crippen molar-refractivity contribution in [2.75, 3.05) is 0 Å². The van der Waals surface area contributed by atoms with E-state index in [4.69, 9.17) is 0 Å². The van der Waals surface area contributed by atoms with Gasteiger partial charge in [-0.25, -0.2) is 13.8 Å². The van der Waals surface area contributed by atoms with Crippen LogP contribution in [0.25, 0.3) is 16.7 Å². The Balaban J connectivity index is 1.48. The van der Waals surface area contributed by atoms with E-state index in [0.29, 0.717) is 0 Å². The summed E-state index contributed by atoms with van der Waals surface area (Å²) < 4.78 is 16.4. The molecule has 0 spiro atoms. The molecule has 2 aromatic carbocycles. The van der Waals surface area contributed by atoms with E-state index in [1.165, 1.54) is 12.1 Å². The number of carbonyl (C=O) groups excluding carboxylic acids is 1. The van der Waals surface area contributed by atoms with Gasteiger partial charge < -0.3 is 5.32 Å². The van der Waals surface area contributed by atoms with E-state index in [9.17, 15) is 9.18 Å². The zero-order chi connectivity index (χ0) is 19.7. The molecule has 4 aromatic rings. The first-order valence-corrected chi connectivity index (χ1v) is 8.91. The van der Waals surface area contributed by atoms with Crippen molar-refractivity contribution in [1.82, 2.24) is 30.1 Å². The van der Waals surface area contributed by atoms with Crippen molar-refractivity contribution in [3.63, 3.8) is 0 Å². The number of halogens is 1. The first kappa shape index (κ1) is 17.8. The fraction of sp³-hybridized carbons (Fsp3) is 0.200. The lowest BCUT2D eigenvalue weighted by Gasteiger charge is -2.14. The lowest BCUT2D eigenvalue weighted by molar-refractivity contribution is -0.122. The number of para-hydroxylation sites is 1. The van der Waals surface area contributed by atoms with Crippen LogP contribution in [0.4, 0.5) is 4.39 Å². The fourth-order valence-corrected chi connectivity index (χ4v) is 3.23. The van der Waals surface area contributed by atoms with Gasteiger partial charge in [0.15, 0.2) is 0 Å². The monoisotopic (exact) mass is 378 g/mol. The van der Waals surface area contributed by atoms with Crippen molar-refractivity contribution < 1.29 is 9.18 Å². The summed E-state index contributed by atoms with van der Waals surface area (Å²) in [5.74, 6) is -0.466. The Labute approximate surface area is 160 Å². The summed E-state index contributed by atoms with van der Waals surface area (Å²) in [5, 5.41) is 15.5. The van der Waals surface area contributed by atoms with Crippen LogP contribution < -0.4 is 5.32 Å². The summed E-state index contributed by atoms with van der Waals surface area (Å²) >= 11 is 0. The van der Waals surface area contributed by atoms with Crippen LogP contribution in [0.5, 0.6) is 0 Å². The van der Waals surface area contributed by atoms with Gasteiger partial charge in [-0.05, 0) is 50.2 Å². The standard InChI is InChI=1S/C20H19FN6O/c1-13(17-11-22-27(14(17)2)16-9-7-15(21)8-10-16)23-20(28)12-26-19-6-4-3-5-18(19)24-25-26/h3-11,13H,12H2,1-2H3,(H,23,28). The molecule has 0 aliphatic heterocycles. The Morgan fingerprint density at radius 1 is 1.18 bits per heavy atom. The van der Waals surface area contributed by atoms with E-state index in [1.807, 2.05) is 38.1 Å². The zero-order valence-corrected chi connectivity index (χ0v) is 15.5. The van der Waals surface area contributed by atoms with Gasteiger partial charge >= 0.3 is 0 Å². The quantitative estimate of drug-likeness (QED) is 0.579. The molecule has 1 N–H and O–H groups in total. The summed E-state index contributed by atoms with van der Waals surface area (Å²) in [6, 6.07) is 13.4. The number of fused-ring (bicyclic) bond motifs is 1. The van der Waals surface area contributed by atoms with E-state index in [1.54, 1.807) is 27.7 Å². The molecule has 0 aliphatic rings. The van der Waals surface area contributed by atoms with E-state index < -0.39 is 0 Å². The topological polar surface area (TPSA) is 77.6 Å². The van der Waals surface area contributed by atoms with Crippen molar-refractivity contribution in [1.29, 1.82) is 0 Å². The minimum Gasteiger partial charge on any atom is -0.348 e. The Morgan fingerprint density at radius 2 is 1.93 bits per heavy atom. The SMILES string of the molecule is Cc1c(C(C)NC(=O)Cn2nnc3ccccc32)cnn1-c1ccc(F)cc1. The molecule has 8 heteroatoms. The molecule has 1 amide bonds. The van der Waals surface area contributed by atoms with Crippen molar-refractivity contribution >= 4 is 16.9 Å². The second-order valence-electron chi connectivity index (χ2n) is 6.60. The lowest BCUT2D eigenvalue weighted by Crippen LogP contribution is -2.30. The van der Waals surface area contributed by atoms with Crippen LogP contribution in [0, 0.1) is 12.7 Å². The summed E-state index contributed by atoms with van der Waals surface area (Å²) in [7, 11) is 0. The van der Waals surface area contributed by atoms with Crippen LogP contribution >= 0.6 is 0 Å². The number of rotatable bonds is 5. The highest BCUT2D eigenvalue weighted by atomic mass is 19.1. The predicted molar refractivity (Wildman–Crippen MR) is 102 cm³/mol. The summed E-state index contributed by atoms with van der Waals surface area (Å²) in [5.41, 5.74) is 4.09. The molecule has 0 saturated heterocycles. The molecule has 7 nitrogen and oxygen atoms in total. The number of amides is 1. The van der Waals surface area contributed by atoms with Crippen molar-refractivity contribution in [2.24, 2.45) is 0 Å². The van der Waals surface area contributed by atoms with Gasteiger partial charge in [0.1, 0.15) is 17.9 Å². The van der Waals surface area contributed by atoms with E-state index in [-0.39, 0.29) is 24.3 Å². The lowest BCUT2D eigenvalue weighted by atomic mass is 10.1. The second-order valence-corrected chi connectivity index (χ2v) is 6.60. The van der Waals surface area contributed by atoms with Crippen LogP contribution in [0.15, 0.2) is 54.7 Å². The molecule has 1 atom stereocenters. The highest BCUT2D eigenvalue weighted by Crippen LogP contribution is 2.20. The maximum absolute atomic E-state index is 13.1. The molecule has 2 heterocycles. The fourth-order valence-electron chi connectivity index (χ4n) is 3.23. The average molecular weight is 378 g/mol. The summed E-state index contributed by atoms with van der Waals surface area (Å²) in [6.07, 6.45) is 1.72. The third-order valence-corrected chi connectivity index (χ3v) is 4.68. The van der Waals surface area contributed by atoms with Crippen molar-refractivity contribution in [3.05, 3.63) is 71.8 Å². The summed E-state index contributed by atoms with van der Waals surface area (Å²) in [4.78, 5) is 12.5. The first-order valence-electron chi connectivity index (χ1n) is 8.91. The highest BCUT2D eigenvalue weighted by Gasteiger charge is 2.17. The van der Waals surface area contributed by atoms with Gasteiger partial charge in [0, 0.05) is 11.3 Å². The number of benzene rings is 2. The first-order chi connectivity index (χ1) is 13.5. The van der Waals surface area contributed by atoms with Gasteiger partial charge in [-0.3, -0.25) is 4.79 Å². The zero-order valence-electron chi connectivity index (χ0n) is 15.5. The Hall–Kier alpha value is -3.55. The molecule has 0 aliphatic carbocycles. The molecular formula is C20H19FN6O. The molecule has 0 bridgehead atoms. The minimum absolute atomic E-state index is 0.0794. The molecule has 0 saturated carbocycles. The molecule has 1 unspecified atom stereocenters. The van der Waals surface area contributed by atoms with Gasteiger partial charge in [-0.15, -0.1) is 5.10 Å². The second kappa shape index (κ2) is 7.22. The summed E-state index contributed by atoms with van der Waals surface area (Å²) in [6.45, 7) is 3.89. The van der Waals surface area contributed by atoms with Crippen LogP contribution in [0.1, 0.15) is 24.2 Å². The predicted octanol–water partition coefficient (Wildman–Crippen LogP) is 2.94. The van der Waals surface area contributed by atoms with Crippen LogP contribution in [-0.4, -0.2) is 30.7 Å². The van der Waals surface area contributed by atoms with Crippen LogP contribution in [-0.2, 0) is 11.3 Å². The number of nitrogens with one attached hydrogen (secondary N) is 1. The van der Waals surface area contributed by atoms with Crippen LogP contribution in [0.3, 0.4) is 0 Å². The largest absolute Gasteiger partial charge is 0.348 e. The third-order valence-electron chi connectivity index (χ3n) is 4.68. The molecule has 0 fully saturated rings. The highest BCUT2D eigenvalue weighted by molar-refractivity contribution is 5.80. The minimum atomic E-state index is -0.296. The van der Waals surface area contributed by atoms with E-state index in [0.717, 1.165) is 28.0 Å². The van der Waals surface area contributed by atoms with Crippen molar-refractivity contribution in [3.8, 4) is 5.69 Å². The van der Waals surface area contributed by atoms with E-state index in [2.05, 4.69) is 20.7 Å². The Bertz CT molecular complexity index is 1130. The molecule has 2 aromatic heterocycles. The average Bonchev–Trinajstić information content (AvgIpc) is 3.26. The number of aromatic nitrogens is 5. The normalized spacial score (nSPS) is 12.2. The van der Waals surface area contributed by atoms with Gasteiger partial charge in [0.25, 0.3) is 0 Å². The van der Waals surface area contributed by atoms with Crippen molar-refractivity contribution in [2.45, 2.75) is 26.4 Å². The molecule has 28 heavy (non-hydrogen) atoms. The maximum Gasteiger partial charge on any atom is 0.242 e. The van der Waals surface area contributed by atoms with Gasteiger partial charge in [0.2, 0.25) is 5.91 Å². The molecule has 4 rings (SSSR count). The third kappa shape index (κ3) is 3.36. The molecule has 142 valence electrons. The maximum atomic E-state index is 13.1. The van der Waals surface area contributed by atoms with E-state index >= 15 is 0 Å². The van der Waals surface area contributed by atoms with Gasteiger partial charge in [-0.2, -0.15) is 5.10 Å². The number of carbonyl (C=O) groups is 1. The smallest absolute Gasteiger partial charge is 0.242 e. The van der Waals surface area contributed by atoms with Gasteiger partial charge in [0.05, 0.1) is 23.4 Å². The Kier molecular flexibility index (Phi) is 4.60. The number of hydrogen-bond acceptors (Lipinski definition) is 4. The van der Waals surface area contributed by atoms with Crippen LogP contribution in [0.2, 0.25) is 0 Å². The molecule has 0 radical (unpaired) electrons.